The molecule has 0 radical (unpaired) electrons. The molecule has 1 heterocycles. The predicted molar refractivity (Wildman–Crippen MR) is 92.7 cm³/mol. The summed E-state index contributed by atoms with van der Waals surface area (Å²) in [6, 6.07) is 5.86. The van der Waals surface area contributed by atoms with Crippen LogP contribution in [0.5, 0.6) is 0 Å². The summed E-state index contributed by atoms with van der Waals surface area (Å²) in [6.45, 7) is 4.71. The fourth-order valence-electron chi connectivity index (χ4n) is 2.24. The van der Waals surface area contributed by atoms with Gasteiger partial charge in [0.25, 0.3) is 0 Å². The highest BCUT2D eigenvalue weighted by Gasteiger charge is 2.23. The molecule has 0 bridgehead atoms. The van der Waals surface area contributed by atoms with Crippen molar-refractivity contribution in [1.29, 1.82) is 0 Å². The molecule has 138 valence electrons. The highest BCUT2D eigenvalue weighted by Crippen LogP contribution is 2.19. The third kappa shape index (κ3) is 4.70. The van der Waals surface area contributed by atoms with Crippen molar-refractivity contribution in [2.24, 2.45) is 0 Å². The number of nitrogens with one attached hydrogen (secondary N) is 1. The first kappa shape index (κ1) is 19.2. The van der Waals surface area contributed by atoms with Crippen LogP contribution in [0.2, 0.25) is 0 Å². The van der Waals surface area contributed by atoms with Crippen LogP contribution >= 0.6 is 0 Å². The first-order valence-electron chi connectivity index (χ1n) is 8.01. The number of rotatable bonds is 7. The molecule has 1 aromatic rings. The van der Waals surface area contributed by atoms with Gasteiger partial charge in [-0.1, -0.05) is 0 Å². The molecule has 0 unspecified atom stereocenters. The Morgan fingerprint density at radius 3 is 2.48 bits per heavy atom. The number of benzene rings is 1. The summed E-state index contributed by atoms with van der Waals surface area (Å²) >= 11 is 0. The van der Waals surface area contributed by atoms with E-state index in [1.54, 1.807) is 26.0 Å². The lowest BCUT2D eigenvalue weighted by molar-refractivity contribution is -0.116. The van der Waals surface area contributed by atoms with Gasteiger partial charge in [0.2, 0.25) is 15.9 Å². The van der Waals surface area contributed by atoms with Crippen molar-refractivity contribution in [3.05, 3.63) is 24.3 Å². The lowest BCUT2D eigenvalue weighted by Gasteiger charge is -2.21. The third-order valence-electron chi connectivity index (χ3n) is 4.00. The molecule has 8 nitrogen and oxygen atoms in total. The zero-order valence-electron chi connectivity index (χ0n) is 14.6. The molecule has 9 heteroatoms. The molecule has 2 rings (SSSR count). The quantitative estimate of drug-likeness (QED) is 0.786. The van der Waals surface area contributed by atoms with Gasteiger partial charge in [0.05, 0.1) is 11.4 Å². The normalized spacial score (nSPS) is 14.9. The van der Waals surface area contributed by atoms with E-state index in [-0.39, 0.29) is 29.8 Å². The van der Waals surface area contributed by atoms with E-state index in [0.29, 0.717) is 18.8 Å². The molecular formula is C16H23N3O5S. The van der Waals surface area contributed by atoms with Crippen molar-refractivity contribution < 1.29 is 22.7 Å². The van der Waals surface area contributed by atoms with E-state index in [2.05, 4.69) is 5.32 Å². The van der Waals surface area contributed by atoms with Crippen LogP contribution in [0.3, 0.4) is 0 Å². The lowest BCUT2D eigenvalue weighted by Crippen LogP contribution is -2.33. The Labute approximate surface area is 147 Å². The van der Waals surface area contributed by atoms with E-state index in [1.807, 2.05) is 0 Å². The fraction of sp³-hybridized carbons (Fsp3) is 0.500. The van der Waals surface area contributed by atoms with Crippen LogP contribution in [0, 0.1) is 0 Å². The highest BCUT2D eigenvalue weighted by molar-refractivity contribution is 7.89. The molecule has 1 saturated heterocycles. The maximum Gasteiger partial charge on any atom is 0.409 e. The molecule has 1 fully saturated rings. The first-order valence-corrected chi connectivity index (χ1v) is 9.45. The maximum atomic E-state index is 12.4. The molecule has 1 aliphatic rings. The predicted octanol–water partition coefficient (Wildman–Crippen LogP) is 1.50. The van der Waals surface area contributed by atoms with Crippen molar-refractivity contribution in [1.82, 2.24) is 9.21 Å². The van der Waals surface area contributed by atoms with Crippen molar-refractivity contribution in [3.63, 3.8) is 0 Å². The number of ether oxygens (including phenoxy) is 1. The van der Waals surface area contributed by atoms with Gasteiger partial charge in [-0.05, 0) is 38.1 Å². The minimum atomic E-state index is -3.55. The highest BCUT2D eigenvalue weighted by atomic mass is 32.2. The lowest BCUT2D eigenvalue weighted by atomic mass is 10.3. The van der Waals surface area contributed by atoms with E-state index in [1.165, 1.54) is 28.4 Å². The Bertz CT molecular complexity index is 731. The van der Waals surface area contributed by atoms with Crippen molar-refractivity contribution in [2.75, 3.05) is 32.1 Å². The largest absolute Gasteiger partial charge is 0.448 e. The molecule has 0 aromatic heterocycles. The van der Waals surface area contributed by atoms with Crippen LogP contribution in [0.15, 0.2) is 29.2 Å². The number of hydrogen-bond acceptors (Lipinski definition) is 5. The zero-order valence-corrected chi connectivity index (χ0v) is 15.4. The van der Waals surface area contributed by atoms with Crippen molar-refractivity contribution in [2.45, 2.75) is 31.2 Å². The van der Waals surface area contributed by atoms with Crippen LogP contribution in [-0.2, 0) is 19.6 Å². The molecule has 2 amide bonds. The summed E-state index contributed by atoms with van der Waals surface area (Å²) in [4.78, 5) is 24.9. The van der Waals surface area contributed by atoms with E-state index in [4.69, 9.17) is 4.74 Å². The third-order valence-corrected chi connectivity index (χ3v) is 6.04. The number of carbonyl (C=O) groups is 2. The summed E-state index contributed by atoms with van der Waals surface area (Å²) in [5.41, 5.74) is 0.500. The van der Waals surface area contributed by atoms with Gasteiger partial charge in [-0.25, -0.2) is 13.2 Å². The summed E-state index contributed by atoms with van der Waals surface area (Å²) < 4.78 is 30.8. The van der Waals surface area contributed by atoms with Gasteiger partial charge >= 0.3 is 6.09 Å². The van der Waals surface area contributed by atoms with Gasteiger partial charge in [-0.15, -0.1) is 0 Å². The zero-order chi connectivity index (χ0) is 18.6. The van der Waals surface area contributed by atoms with Gasteiger partial charge in [0.1, 0.15) is 6.61 Å². The van der Waals surface area contributed by atoms with Gasteiger partial charge < -0.3 is 15.0 Å². The second kappa shape index (κ2) is 7.83. The number of anilines is 1. The maximum absolute atomic E-state index is 12.4. The van der Waals surface area contributed by atoms with Crippen molar-refractivity contribution >= 4 is 27.7 Å². The number of hydrogen-bond donors (Lipinski definition) is 1. The molecule has 1 aromatic carbocycles. The molecule has 0 saturated carbocycles. The Morgan fingerprint density at radius 1 is 1.32 bits per heavy atom. The van der Waals surface area contributed by atoms with E-state index in [0.717, 1.165) is 0 Å². The van der Waals surface area contributed by atoms with E-state index in [9.17, 15) is 18.0 Å². The van der Waals surface area contributed by atoms with Gasteiger partial charge in [-0.2, -0.15) is 4.31 Å². The Balaban J connectivity index is 1.93. The number of carbonyl (C=O) groups excluding carboxylic acids is 2. The van der Waals surface area contributed by atoms with Gasteiger partial charge in [-0.3, -0.25) is 4.79 Å². The van der Waals surface area contributed by atoms with Crippen LogP contribution < -0.4 is 5.32 Å². The summed E-state index contributed by atoms with van der Waals surface area (Å²) in [6.07, 6.45) is -0.262. The van der Waals surface area contributed by atoms with Gasteiger partial charge in [0.15, 0.2) is 0 Å². The molecular weight excluding hydrogens is 346 g/mol. The number of sulfonamides is 1. The monoisotopic (exact) mass is 369 g/mol. The molecule has 1 aliphatic heterocycles. The standard InChI is InChI=1S/C16H23N3O5S/c1-12(2)18(3)25(22,23)14-6-4-13(5-7-14)17-15(20)8-9-19-10-11-24-16(19)21/h4-7,12H,8-11H2,1-3H3,(H,17,20). The van der Waals surface area contributed by atoms with Crippen molar-refractivity contribution in [3.8, 4) is 0 Å². The van der Waals surface area contributed by atoms with Gasteiger partial charge in [0, 0.05) is 31.7 Å². The second-order valence-corrected chi connectivity index (χ2v) is 8.04. The van der Waals surface area contributed by atoms with Crippen LogP contribution in [0.25, 0.3) is 0 Å². The summed E-state index contributed by atoms with van der Waals surface area (Å²) in [7, 11) is -2.02. The minimum absolute atomic E-state index is 0.144. The molecule has 0 aliphatic carbocycles. The molecule has 25 heavy (non-hydrogen) atoms. The molecule has 1 N–H and O–H groups in total. The minimum Gasteiger partial charge on any atom is -0.448 e. The number of cyclic esters (lactones) is 1. The Morgan fingerprint density at radius 2 is 1.96 bits per heavy atom. The second-order valence-electron chi connectivity index (χ2n) is 6.04. The number of nitrogens with zero attached hydrogens (tertiary/aromatic N) is 2. The topological polar surface area (TPSA) is 96.0 Å². The van der Waals surface area contributed by atoms with Crippen LogP contribution in [-0.4, -0.2) is 62.4 Å². The smallest absolute Gasteiger partial charge is 0.409 e. The number of amides is 2. The Kier molecular flexibility index (Phi) is 6.02. The van der Waals surface area contributed by atoms with Crippen LogP contribution in [0.1, 0.15) is 20.3 Å². The SMILES string of the molecule is CC(C)N(C)S(=O)(=O)c1ccc(NC(=O)CCN2CCOC2=O)cc1. The molecule has 0 spiro atoms. The van der Waals surface area contributed by atoms with Crippen LogP contribution in [0.4, 0.5) is 10.5 Å². The fourth-order valence-corrected chi connectivity index (χ4v) is 3.61. The Hall–Kier alpha value is -2.13. The van der Waals surface area contributed by atoms with E-state index >= 15 is 0 Å². The molecule has 0 atom stereocenters. The summed E-state index contributed by atoms with van der Waals surface area (Å²) in [5, 5.41) is 2.69. The van der Waals surface area contributed by atoms with E-state index < -0.39 is 16.1 Å². The average molecular weight is 369 g/mol. The summed E-state index contributed by atoms with van der Waals surface area (Å²) in [5.74, 6) is -0.255. The average Bonchev–Trinajstić information content (AvgIpc) is 2.97. The first-order chi connectivity index (χ1) is 11.7.